The lowest BCUT2D eigenvalue weighted by Crippen LogP contribution is -2.19. The van der Waals surface area contributed by atoms with Crippen molar-refractivity contribution in [3.8, 4) is 11.1 Å². The van der Waals surface area contributed by atoms with Crippen LogP contribution in [-0.4, -0.2) is 15.6 Å². The van der Waals surface area contributed by atoms with E-state index in [4.69, 9.17) is 5.11 Å². The fourth-order valence-corrected chi connectivity index (χ4v) is 2.17. The topological polar surface area (TPSA) is 59.3 Å². The highest BCUT2D eigenvalue weighted by atomic mass is 16.4. The molecule has 2 aromatic rings. The molecule has 0 saturated carbocycles. The lowest BCUT2D eigenvalue weighted by Gasteiger charge is -2.09. The molecule has 4 nitrogen and oxygen atoms in total. The van der Waals surface area contributed by atoms with E-state index in [0.717, 1.165) is 16.7 Å². The van der Waals surface area contributed by atoms with Crippen LogP contribution < -0.4 is 5.43 Å². The van der Waals surface area contributed by atoms with E-state index in [-0.39, 0.29) is 5.56 Å². The van der Waals surface area contributed by atoms with Crippen LogP contribution in [0.3, 0.4) is 0 Å². The number of pyridine rings is 1. The second-order valence-corrected chi connectivity index (χ2v) is 4.70. The Morgan fingerprint density at radius 2 is 1.84 bits per heavy atom. The van der Waals surface area contributed by atoms with E-state index in [9.17, 15) is 9.59 Å². The molecule has 4 heteroatoms. The van der Waals surface area contributed by atoms with Gasteiger partial charge in [-0.25, -0.2) is 4.79 Å². The van der Waals surface area contributed by atoms with E-state index in [1.54, 1.807) is 17.8 Å². The number of hydrogen-bond donors (Lipinski definition) is 1. The summed E-state index contributed by atoms with van der Waals surface area (Å²) in [7, 11) is 1.71. The summed E-state index contributed by atoms with van der Waals surface area (Å²) in [6, 6.07) is 5.74. The van der Waals surface area contributed by atoms with Crippen LogP contribution in [0, 0.1) is 13.8 Å². The second kappa shape index (κ2) is 4.72. The first-order valence-corrected chi connectivity index (χ1v) is 5.91. The quantitative estimate of drug-likeness (QED) is 0.898. The number of hydrogen-bond acceptors (Lipinski definition) is 2. The first-order valence-electron chi connectivity index (χ1n) is 5.91. The Labute approximate surface area is 110 Å². The summed E-state index contributed by atoms with van der Waals surface area (Å²) in [4.78, 5) is 23.3. The van der Waals surface area contributed by atoms with Gasteiger partial charge in [0.25, 0.3) is 0 Å². The van der Waals surface area contributed by atoms with Crippen molar-refractivity contribution in [2.75, 3.05) is 0 Å². The Hall–Kier alpha value is -2.36. The van der Waals surface area contributed by atoms with Crippen molar-refractivity contribution in [1.29, 1.82) is 0 Å². The molecule has 19 heavy (non-hydrogen) atoms. The maximum atomic E-state index is 12.2. The summed E-state index contributed by atoms with van der Waals surface area (Å²) in [6.45, 7) is 3.89. The van der Waals surface area contributed by atoms with Gasteiger partial charge in [-0.3, -0.25) is 4.79 Å². The van der Waals surface area contributed by atoms with Crippen LogP contribution in [0.1, 0.15) is 21.5 Å². The first-order chi connectivity index (χ1) is 8.90. The lowest BCUT2D eigenvalue weighted by molar-refractivity contribution is 0.0694. The molecular weight excluding hydrogens is 242 g/mol. The predicted molar refractivity (Wildman–Crippen MR) is 73.6 cm³/mol. The molecule has 1 aromatic heterocycles. The molecule has 0 atom stereocenters. The van der Waals surface area contributed by atoms with Crippen molar-refractivity contribution >= 4 is 5.97 Å². The van der Waals surface area contributed by atoms with E-state index in [1.165, 1.54) is 6.20 Å². The van der Waals surface area contributed by atoms with Crippen LogP contribution in [0.2, 0.25) is 0 Å². The average molecular weight is 257 g/mol. The fourth-order valence-electron chi connectivity index (χ4n) is 2.17. The number of nitrogens with zero attached hydrogens (tertiary/aromatic N) is 1. The molecule has 0 aliphatic heterocycles. The van der Waals surface area contributed by atoms with Gasteiger partial charge < -0.3 is 9.67 Å². The standard InChI is InChI=1S/C15H15NO3/c1-9-4-5-11(10(2)6-9)12-7-16(3)8-13(14(12)17)15(18)19/h4-8H,1-3H3,(H,18,19). The third kappa shape index (κ3) is 2.42. The minimum absolute atomic E-state index is 0.208. The molecule has 98 valence electrons. The molecule has 1 aromatic carbocycles. The number of carboxylic acid groups (broad SMARTS) is 1. The van der Waals surface area contributed by atoms with Gasteiger partial charge in [0.15, 0.2) is 0 Å². The molecular formula is C15H15NO3. The monoisotopic (exact) mass is 257 g/mol. The SMILES string of the molecule is Cc1ccc(-c2cn(C)cc(C(=O)O)c2=O)c(C)c1. The van der Waals surface area contributed by atoms with Crippen molar-refractivity contribution in [2.45, 2.75) is 13.8 Å². The van der Waals surface area contributed by atoms with E-state index in [2.05, 4.69) is 0 Å². The second-order valence-electron chi connectivity index (χ2n) is 4.70. The van der Waals surface area contributed by atoms with E-state index >= 15 is 0 Å². The van der Waals surface area contributed by atoms with Crippen LogP contribution >= 0.6 is 0 Å². The maximum Gasteiger partial charge on any atom is 0.341 e. The van der Waals surface area contributed by atoms with Gasteiger partial charge in [-0.2, -0.15) is 0 Å². The molecule has 0 saturated heterocycles. The van der Waals surface area contributed by atoms with Crippen molar-refractivity contribution in [2.24, 2.45) is 7.05 Å². The summed E-state index contributed by atoms with van der Waals surface area (Å²) >= 11 is 0. The van der Waals surface area contributed by atoms with Crippen molar-refractivity contribution < 1.29 is 9.90 Å². The highest BCUT2D eigenvalue weighted by Gasteiger charge is 2.15. The molecule has 1 N–H and O–H groups in total. The molecule has 0 spiro atoms. The summed E-state index contributed by atoms with van der Waals surface area (Å²) in [5.74, 6) is -1.20. The molecule has 2 rings (SSSR count). The summed E-state index contributed by atoms with van der Waals surface area (Å²) in [6.07, 6.45) is 2.99. The number of carbonyl (C=O) groups is 1. The Kier molecular flexibility index (Phi) is 3.25. The number of rotatable bonds is 2. The van der Waals surface area contributed by atoms with E-state index in [0.29, 0.717) is 5.56 Å². The highest BCUT2D eigenvalue weighted by molar-refractivity contribution is 5.89. The van der Waals surface area contributed by atoms with Crippen LogP contribution in [0.5, 0.6) is 0 Å². The van der Waals surface area contributed by atoms with Crippen molar-refractivity contribution in [1.82, 2.24) is 4.57 Å². The third-order valence-electron chi connectivity index (χ3n) is 3.06. The molecule has 0 amide bonds. The Morgan fingerprint density at radius 3 is 2.42 bits per heavy atom. The number of aryl methyl sites for hydroxylation is 3. The minimum Gasteiger partial charge on any atom is -0.477 e. The number of carboxylic acids is 1. The number of aromatic carboxylic acids is 1. The molecule has 0 aliphatic rings. The van der Waals surface area contributed by atoms with Gasteiger partial charge >= 0.3 is 5.97 Å². The molecule has 0 radical (unpaired) electrons. The minimum atomic E-state index is -1.20. The number of benzene rings is 1. The molecule has 1 heterocycles. The molecule has 0 bridgehead atoms. The maximum absolute atomic E-state index is 12.2. The average Bonchev–Trinajstić information content (AvgIpc) is 2.32. The van der Waals surface area contributed by atoms with Crippen LogP contribution in [0.4, 0.5) is 0 Å². The molecule has 0 unspecified atom stereocenters. The lowest BCUT2D eigenvalue weighted by atomic mass is 9.98. The first kappa shape index (κ1) is 13.1. The normalized spacial score (nSPS) is 10.5. The van der Waals surface area contributed by atoms with Crippen LogP contribution in [-0.2, 0) is 7.05 Å². The van der Waals surface area contributed by atoms with Crippen molar-refractivity contribution in [3.05, 3.63) is 57.5 Å². The number of aromatic nitrogens is 1. The van der Waals surface area contributed by atoms with Gasteiger partial charge in [0.05, 0.1) is 0 Å². The Bertz CT molecular complexity index is 714. The summed E-state index contributed by atoms with van der Waals surface area (Å²) in [5, 5.41) is 9.06. The fraction of sp³-hybridized carbons (Fsp3) is 0.200. The van der Waals surface area contributed by atoms with Crippen LogP contribution in [0.25, 0.3) is 11.1 Å². The summed E-state index contributed by atoms with van der Waals surface area (Å²) < 4.78 is 1.60. The van der Waals surface area contributed by atoms with E-state index < -0.39 is 11.4 Å². The van der Waals surface area contributed by atoms with Gasteiger partial charge in [0.2, 0.25) is 5.43 Å². The Balaban J connectivity index is 2.76. The third-order valence-corrected chi connectivity index (χ3v) is 3.06. The van der Waals surface area contributed by atoms with Crippen molar-refractivity contribution in [3.63, 3.8) is 0 Å². The zero-order chi connectivity index (χ0) is 14.2. The Morgan fingerprint density at radius 1 is 1.16 bits per heavy atom. The smallest absolute Gasteiger partial charge is 0.341 e. The van der Waals surface area contributed by atoms with Gasteiger partial charge in [-0.15, -0.1) is 0 Å². The molecule has 0 aliphatic carbocycles. The van der Waals surface area contributed by atoms with Gasteiger partial charge in [-0.05, 0) is 25.0 Å². The van der Waals surface area contributed by atoms with Crippen LogP contribution in [0.15, 0.2) is 35.4 Å². The largest absolute Gasteiger partial charge is 0.477 e. The molecule has 0 fully saturated rings. The van der Waals surface area contributed by atoms with Gasteiger partial charge in [0.1, 0.15) is 5.56 Å². The zero-order valence-electron chi connectivity index (χ0n) is 11.1. The van der Waals surface area contributed by atoms with E-state index in [1.807, 2.05) is 32.0 Å². The zero-order valence-corrected chi connectivity index (χ0v) is 11.1. The summed E-state index contributed by atoms with van der Waals surface area (Å²) in [5.41, 5.74) is 2.60. The highest BCUT2D eigenvalue weighted by Crippen LogP contribution is 2.21. The van der Waals surface area contributed by atoms with Gasteiger partial charge in [0, 0.05) is 25.0 Å². The predicted octanol–water partition coefficient (Wildman–Crippen LogP) is 2.37. The van der Waals surface area contributed by atoms with Gasteiger partial charge in [-0.1, -0.05) is 23.8 Å².